The first-order valence-electron chi connectivity index (χ1n) is 6.91. The Kier molecular flexibility index (Phi) is 5.90. The molecule has 3 nitrogen and oxygen atoms in total. The van der Waals surface area contributed by atoms with Crippen molar-refractivity contribution in [2.75, 3.05) is 33.4 Å². The van der Waals surface area contributed by atoms with Crippen LogP contribution in [0, 0.1) is 11.3 Å². The van der Waals surface area contributed by atoms with Crippen LogP contribution in [-0.4, -0.2) is 44.3 Å². The molecule has 2 unspecified atom stereocenters. The Bertz CT molecular complexity index is 207. The Labute approximate surface area is 107 Å². The average Bonchev–Trinajstić information content (AvgIpc) is 2.26. The summed E-state index contributed by atoms with van der Waals surface area (Å²) in [5.74, 6) is 0.722. The minimum Gasteiger partial charge on any atom is -0.381 e. The fourth-order valence-corrected chi connectivity index (χ4v) is 2.28. The van der Waals surface area contributed by atoms with E-state index in [1.54, 1.807) is 0 Å². The van der Waals surface area contributed by atoms with Crippen molar-refractivity contribution in [3.05, 3.63) is 0 Å². The Morgan fingerprint density at radius 3 is 2.65 bits per heavy atom. The van der Waals surface area contributed by atoms with Gasteiger partial charge in [-0.05, 0) is 44.2 Å². The minimum atomic E-state index is 0.217. The smallest absolute Gasteiger partial charge is 0.0506 e. The Morgan fingerprint density at radius 1 is 1.41 bits per heavy atom. The lowest BCUT2D eigenvalue weighted by molar-refractivity contribution is 0.0413. The van der Waals surface area contributed by atoms with E-state index in [9.17, 15) is 0 Å². The number of hydrogen-bond donors (Lipinski definition) is 1. The van der Waals surface area contributed by atoms with Gasteiger partial charge in [-0.2, -0.15) is 0 Å². The van der Waals surface area contributed by atoms with E-state index in [1.165, 1.54) is 12.8 Å². The van der Waals surface area contributed by atoms with Crippen molar-refractivity contribution in [2.24, 2.45) is 17.1 Å². The molecule has 1 heterocycles. The number of hydrogen-bond acceptors (Lipinski definition) is 3. The summed E-state index contributed by atoms with van der Waals surface area (Å²) in [4.78, 5) is 2.41. The summed E-state index contributed by atoms with van der Waals surface area (Å²) in [6, 6.07) is 0.285. The maximum atomic E-state index is 6.18. The van der Waals surface area contributed by atoms with Gasteiger partial charge < -0.3 is 15.4 Å². The maximum absolute atomic E-state index is 6.18. The molecule has 0 saturated carbocycles. The highest BCUT2D eigenvalue weighted by Crippen LogP contribution is 2.20. The van der Waals surface area contributed by atoms with Gasteiger partial charge >= 0.3 is 0 Å². The quantitative estimate of drug-likeness (QED) is 0.802. The van der Waals surface area contributed by atoms with Crippen molar-refractivity contribution in [3.8, 4) is 0 Å². The molecule has 102 valence electrons. The Morgan fingerprint density at radius 2 is 2.12 bits per heavy atom. The molecule has 0 amide bonds. The van der Waals surface area contributed by atoms with Gasteiger partial charge in [-0.3, -0.25) is 0 Å². The third kappa shape index (κ3) is 5.84. The monoisotopic (exact) mass is 242 g/mol. The van der Waals surface area contributed by atoms with Crippen LogP contribution in [0.1, 0.15) is 40.0 Å². The second kappa shape index (κ2) is 6.72. The van der Waals surface area contributed by atoms with Gasteiger partial charge in [-0.1, -0.05) is 20.8 Å². The van der Waals surface area contributed by atoms with Crippen molar-refractivity contribution in [2.45, 2.75) is 46.1 Å². The molecule has 1 saturated heterocycles. The number of rotatable bonds is 5. The van der Waals surface area contributed by atoms with E-state index >= 15 is 0 Å². The van der Waals surface area contributed by atoms with E-state index in [0.29, 0.717) is 0 Å². The van der Waals surface area contributed by atoms with Gasteiger partial charge in [0.1, 0.15) is 0 Å². The second-order valence-corrected chi connectivity index (χ2v) is 6.61. The molecule has 0 spiro atoms. The molecule has 0 aliphatic carbocycles. The van der Waals surface area contributed by atoms with Crippen LogP contribution >= 0.6 is 0 Å². The van der Waals surface area contributed by atoms with E-state index in [2.05, 4.69) is 32.7 Å². The van der Waals surface area contributed by atoms with Gasteiger partial charge in [0.25, 0.3) is 0 Å². The molecular weight excluding hydrogens is 212 g/mol. The third-order valence-electron chi connectivity index (χ3n) is 3.76. The largest absolute Gasteiger partial charge is 0.381 e. The summed E-state index contributed by atoms with van der Waals surface area (Å²) in [6.45, 7) is 10.8. The first-order chi connectivity index (χ1) is 7.89. The van der Waals surface area contributed by atoms with Crippen LogP contribution in [0.25, 0.3) is 0 Å². The zero-order chi connectivity index (χ0) is 12.9. The molecule has 17 heavy (non-hydrogen) atoms. The maximum Gasteiger partial charge on any atom is 0.0506 e. The fourth-order valence-electron chi connectivity index (χ4n) is 2.28. The molecule has 2 N–H and O–H groups in total. The van der Waals surface area contributed by atoms with Crippen LogP contribution < -0.4 is 5.73 Å². The SMILES string of the molecule is CN(CCC(N)C(C)(C)C)CC1CCCOC1. The van der Waals surface area contributed by atoms with E-state index < -0.39 is 0 Å². The van der Waals surface area contributed by atoms with E-state index in [4.69, 9.17) is 10.5 Å². The lowest BCUT2D eigenvalue weighted by Gasteiger charge is -2.31. The summed E-state index contributed by atoms with van der Waals surface area (Å²) in [7, 11) is 2.20. The summed E-state index contributed by atoms with van der Waals surface area (Å²) in [5.41, 5.74) is 6.40. The number of nitrogens with zero attached hydrogens (tertiary/aromatic N) is 1. The van der Waals surface area contributed by atoms with Crippen LogP contribution in [0.5, 0.6) is 0 Å². The lowest BCUT2D eigenvalue weighted by Crippen LogP contribution is -2.39. The first-order valence-corrected chi connectivity index (χ1v) is 6.91. The molecule has 1 aliphatic rings. The minimum absolute atomic E-state index is 0.217. The van der Waals surface area contributed by atoms with Crippen LogP contribution in [0.3, 0.4) is 0 Å². The van der Waals surface area contributed by atoms with E-state index in [1.807, 2.05) is 0 Å². The molecule has 0 aromatic heterocycles. The zero-order valence-electron chi connectivity index (χ0n) is 12.0. The van der Waals surface area contributed by atoms with Crippen LogP contribution in [-0.2, 0) is 4.74 Å². The first kappa shape index (κ1) is 14.9. The van der Waals surface area contributed by atoms with E-state index in [0.717, 1.165) is 38.6 Å². The molecule has 0 aromatic rings. The second-order valence-electron chi connectivity index (χ2n) is 6.61. The predicted molar refractivity (Wildman–Crippen MR) is 73.1 cm³/mol. The molecule has 0 bridgehead atoms. The van der Waals surface area contributed by atoms with Gasteiger partial charge in [-0.25, -0.2) is 0 Å². The van der Waals surface area contributed by atoms with Gasteiger partial charge in [0.2, 0.25) is 0 Å². The van der Waals surface area contributed by atoms with Gasteiger partial charge in [-0.15, -0.1) is 0 Å². The molecule has 0 radical (unpaired) electrons. The molecule has 1 aliphatic heterocycles. The lowest BCUT2D eigenvalue weighted by atomic mass is 9.85. The molecule has 0 aromatic carbocycles. The summed E-state index contributed by atoms with van der Waals surface area (Å²) in [6.07, 6.45) is 3.61. The highest BCUT2D eigenvalue weighted by Gasteiger charge is 2.21. The van der Waals surface area contributed by atoms with E-state index in [-0.39, 0.29) is 11.5 Å². The molecule has 2 atom stereocenters. The number of nitrogens with two attached hydrogens (primary N) is 1. The van der Waals surface area contributed by atoms with Gasteiger partial charge in [0.05, 0.1) is 6.61 Å². The Balaban J connectivity index is 2.18. The molecule has 3 heteroatoms. The topological polar surface area (TPSA) is 38.5 Å². The van der Waals surface area contributed by atoms with Crippen molar-refractivity contribution in [3.63, 3.8) is 0 Å². The van der Waals surface area contributed by atoms with Crippen molar-refractivity contribution >= 4 is 0 Å². The summed E-state index contributed by atoms with van der Waals surface area (Å²) < 4.78 is 5.51. The third-order valence-corrected chi connectivity index (χ3v) is 3.76. The fraction of sp³-hybridized carbons (Fsp3) is 1.00. The molecule has 1 fully saturated rings. The van der Waals surface area contributed by atoms with Crippen molar-refractivity contribution < 1.29 is 4.74 Å². The predicted octanol–water partition coefficient (Wildman–Crippen LogP) is 2.11. The average molecular weight is 242 g/mol. The summed E-state index contributed by atoms with van der Waals surface area (Å²) in [5, 5.41) is 0. The molecule has 1 rings (SSSR count). The normalized spacial score (nSPS) is 24.0. The van der Waals surface area contributed by atoms with Crippen molar-refractivity contribution in [1.29, 1.82) is 0 Å². The van der Waals surface area contributed by atoms with Crippen LogP contribution in [0.2, 0.25) is 0 Å². The van der Waals surface area contributed by atoms with Gasteiger partial charge in [0.15, 0.2) is 0 Å². The highest BCUT2D eigenvalue weighted by molar-refractivity contribution is 4.78. The zero-order valence-corrected chi connectivity index (χ0v) is 12.0. The summed E-state index contributed by atoms with van der Waals surface area (Å²) >= 11 is 0. The van der Waals surface area contributed by atoms with Crippen molar-refractivity contribution in [1.82, 2.24) is 4.90 Å². The standard InChI is InChI=1S/C14H30N2O/c1-14(2,3)13(15)7-8-16(4)10-12-6-5-9-17-11-12/h12-13H,5-11,15H2,1-4H3. The number of ether oxygens (including phenoxy) is 1. The van der Waals surface area contributed by atoms with Crippen LogP contribution in [0.4, 0.5) is 0 Å². The molecular formula is C14H30N2O. The van der Waals surface area contributed by atoms with Crippen LogP contribution in [0.15, 0.2) is 0 Å². The Hall–Kier alpha value is -0.120. The highest BCUT2D eigenvalue weighted by atomic mass is 16.5. The van der Waals surface area contributed by atoms with Gasteiger partial charge in [0, 0.05) is 19.2 Å².